The van der Waals surface area contributed by atoms with Gasteiger partial charge in [-0.15, -0.1) is 0 Å². The van der Waals surface area contributed by atoms with Gasteiger partial charge in [-0.2, -0.15) is 5.09 Å². The molecule has 0 spiro atoms. The number of allylic oxidation sites excluding steroid dienone is 1. The summed E-state index contributed by atoms with van der Waals surface area (Å²) in [5.74, 6) is 0.0141. The molecule has 5 rings (SSSR count). The van der Waals surface area contributed by atoms with E-state index in [4.69, 9.17) is 19.5 Å². The molecule has 3 N–H and O–H groups in total. The van der Waals surface area contributed by atoms with Crippen LogP contribution in [0.5, 0.6) is 5.75 Å². The van der Waals surface area contributed by atoms with Gasteiger partial charge in [0.25, 0.3) is 0 Å². The van der Waals surface area contributed by atoms with E-state index in [9.17, 15) is 9.36 Å². The van der Waals surface area contributed by atoms with E-state index in [0.717, 1.165) is 5.56 Å². The Kier molecular flexibility index (Phi) is 8.02. The molecular formula is C27H29N6O5P. The van der Waals surface area contributed by atoms with Gasteiger partial charge in [0.15, 0.2) is 11.5 Å². The van der Waals surface area contributed by atoms with Gasteiger partial charge in [-0.1, -0.05) is 60.7 Å². The van der Waals surface area contributed by atoms with E-state index < -0.39 is 19.8 Å². The molecule has 2 heterocycles. The third kappa shape index (κ3) is 6.34. The zero-order valence-corrected chi connectivity index (χ0v) is 22.2. The van der Waals surface area contributed by atoms with E-state index in [1.807, 2.05) is 53.1 Å². The zero-order chi connectivity index (χ0) is 27.2. The second-order valence-electron chi connectivity index (χ2n) is 9.12. The van der Waals surface area contributed by atoms with Gasteiger partial charge in [0, 0.05) is 5.92 Å². The number of nitrogens with zero attached hydrogens (tertiary/aromatic N) is 4. The zero-order valence-electron chi connectivity index (χ0n) is 21.3. The smallest absolute Gasteiger partial charge is 0.459 e. The minimum absolute atomic E-state index is 0.0406. The predicted molar refractivity (Wildman–Crippen MR) is 146 cm³/mol. The first kappa shape index (κ1) is 26.6. The number of aromatic nitrogens is 4. The van der Waals surface area contributed by atoms with E-state index in [-0.39, 0.29) is 25.0 Å². The first-order chi connectivity index (χ1) is 18.9. The minimum Gasteiger partial charge on any atom is -0.468 e. The third-order valence-electron chi connectivity index (χ3n) is 6.40. The standard InChI is InChI=1S/C27H29N6O5P/c1-36-27(34)23(15-19-8-4-2-5-9-19)32-39(35,38-22-10-6-3-7-11-22)37-16-20-12-13-21(14-20)33-18-31-24-25(28)29-17-30-26(24)33/h2-13,17-18,20-21,23H,14-16H2,1H3,(H,32,35)(H2,28,29,30)/t20-,21+,23+,39?/m0/s1. The summed E-state index contributed by atoms with van der Waals surface area (Å²) in [6.07, 6.45) is 8.01. The summed E-state index contributed by atoms with van der Waals surface area (Å²) >= 11 is 0. The maximum atomic E-state index is 14.0. The Hall–Kier alpha value is -4.05. The van der Waals surface area contributed by atoms with Crippen LogP contribution in [0.2, 0.25) is 0 Å². The van der Waals surface area contributed by atoms with E-state index in [0.29, 0.717) is 29.2 Å². The summed E-state index contributed by atoms with van der Waals surface area (Å²) in [7, 11) is -2.73. The van der Waals surface area contributed by atoms with Crippen molar-refractivity contribution in [3.05, 3.63) is 91.0 Å². The number of rotatable bonds is 11. The number of ether oxygens (including phenoxy) is 1. The number of hydrogen-bond acceptors (Lipinski definition) is 9. The van der Waals surface area contributed by atoms with Gasteiger partial charge < -0.3 is 19.6 Å². The molecule has 11 nitrogen and oxygen atoms in total. The van der Waals surface area contributed by atoms with Gasteiger partial charge >= 0.3 is 13.7 Å². The van der Waals surface area contributed by atoms with Gasteiger partial charge in [0.05, 0.1) is 26.1 Å². The Balaban J connectivity index is 1.31. The van der Waals surface area contributed by atoms with E-state index >= 15 is 0 Å². The molecule has 1 aliphatic carbocycles. The summed E-state index contributed by atoms with van der Waals surface area (Å²) in [4.78, 5) is 25.3. The minimum atomic E-state index is -4.02. The Morgan fingerprint density at radius 2 is 1.85 bits per heavy atom. The number of carbonyl (C=O) groups excluding carboxylic acids is 1. The molecule has 4 atom stereocenters. The molecule has 0 aliphatic heterocycles. The summed E-state index contributed by atoms with van der Waals surface area (Å²) in [6.45, 7) is 0.0904. The normalized spacial score (nSPS) is 19.0. The van der Waals surface area contributed by atoms with Crippen LogP contribution in [0, 0.1) is 5.92 Å². The molecule has 2 aromatic carbocycles. The molecule has 0 radical (unpaired) electrons. The number of methoxy groups -OCH3 is 1. The average Bonchev–Trinajstić information content (AvgIpc) is 3.60. The van der Waals surface area contributed by atoms with Crippen LogP contribution >= 0.6 is 7.75 Å². The van der Waals surface area contributed by atoms with Gasteiger partial charge in [-0.25, -0.2) is 19.5 Å². The SMILES string of the molecule is COC(=O)[C@@H](Cc1ccccc1)NP(=O)(OC[C@H]1C=C[C@@H](n2cnc3c(N)ncnc32)C1)Oc1ccccc1. The molecule has 202 valence electrons. The van der Waals surface area contributed by atoms with Gasteiger partial charge in [0.2, 0.25) is 0 Å². The Bertz CT molecular complexity index is 1500. The Labute approximate surface area is 225 Å². The van der Waals surface area contributed by atoms with Crippen molar-refractivity contribution in [2.24, 2.45) is 5.92 Å². The highest BCUT2D eigenvalue weighted by Crippen LogP contribution is 2.46. The molecule has 2 aromatic heterocycles. The van der Waals surface area contributed by atoms with E-state index in [2.05, 4.69) is 20.0 Å². The van der Waals surface area contributed by atoms with E-state index in [1.165, 1.54) is 13.4 Å². The van der Waals surface area contributed by atoms with E-state index in [1.54, 1.807) is 30.6 Å². The number of imidazole rings is 1. The fraction of sp³-hybridized carbons (Fsp3) is 0.259. The largest absolute Gasteiger partial charge is 0.468 e. The maximum Gasteiger partial charge on any atom is 0.459 e. The summed E-state index contributed by atoms with van der Waals surface area (Å²) in [6, 6.07) is 17.1. The highest BCUT2D eigenvalue weighted by Gasteiger charge is 2.36. The first-order valence-corrected chi connectivity index (χ1v) is 14.0. The van der Waals surface area contributed by atoms with Crippen molar-refractivity contribution in [2.45, 2.75) is 24.9 Å². The van der Waals surface area contributed by atoms with Crippen molar-refractivity contribution < 1.29 is 23.1 Å². The second kappa shape index (κ2) is 11.8. The van der Waals surface area contributed by atoms with Crippen LogP contribution in [-0.2, 0) is 25.0 Å². The van der Waals surface area contributed by atoms with Crippen LogP contribution in [0.1, 0.15) is 18.0 Å². The van der Waals surface area contributed by atoms with Crippen LogP contribution in [0.3, 0.4) is 0 Å². The van der Waals surface area contributed by atoms with Crippen LogP contribution in [-0.4, -0.2) is 45.2 Å². The molecule has 0 fully saturated rings. The number of carbonyl (C=O) groups is 1. The summed E-state index contributed by atoms with van der Waals surface area (Å²) < 4.78 is 32.7. The van der Waals surface area contributed by atoms with Crippen LogP contribution in [0.4, 0.5) is 5.82 Å². The number of hydrogen-bond donors (Lipinski definition) is 2. The number of nitrogens with two attached hydrogens (primary N) is 1. The van der Waals surface area contributed by atoms with Crippen molar-refractivity contribution in [3.63, 3.8) is 0 Å². The average molecular weight is 549 g/mol. The number of para-hydroxylation sites is 1. The van der Waals surface area contributed by atoms with Crippen LogP contribution in [0.25, 0.3) is 11.2 Å². The van der Waals surface area contributed by atoms with Crippen molar-refractivity contribution in [1.82, 2.24) is 24.6 Å². The van der Waals surface area contributed by atoms with Crippen molar-refractivity contribution in [1.29, 1.82) is 0 Å². The van der Waals surface area contributed by atoms with Gasteiger partial charge in [0.1, 0.15) is 23.6 Å². The molecule has 1 unspecified atom stereocenters. The molecule has 0 bridgehead atoms. The molecule has 12 heteroatoms. The second-order valence-corrected chi connectivity index (χ2v) is 10.8. The fourth-order valence-electron chi connectivity index (χ4n) is 4.46. The number of benzene rings is 2. The van der Waals surface area contributed by atoms with Crippen LogP contribution < -0.4 is 15.3 Å². The Morgan fingerprint density at radius 3 is 2.59 bits per heavy atom. The van der Waals surface area contributed by atoms with Crippen LogP contribution in [0.15, 0.2) is 85.5 Å². The molecule has 0 amide bonds. The number of fused-ring (bicyclic) bond motifs is 1. The van der Waals surface area contributed by atoms with Gasteiger partial charge in [-0.05, 0) is 30.5 Å². The number of nitrogens with one attached hydrogen (secondary N) is 1. The number of nitrogen functional groups attached to an aromatic ring is 1. The van der Waals surface area contributed by atoms with Crippen molar-refractivity contribution >= 4 is 30.7 Å². The fourth-order valence-corrected chi connectivity index (χ4v) is 6.01. The van der Waals surface area contributed by atoms with Gasteiger partial charge in [-0.3, -0.25) is 9.32 Å². The third-order valence-corrected chi connectivity index (χ3v) is 7.97. The highest BCUT2D eigenvalue weighted by atomic mass is 31.2. The van der Waals surface area contributed by atoms with Crippen molar-refractivity contribution in [3.8, 4) is 5.75 Å². The number of anilines is 1. The molecule has 1 aliphatic rings. The lowest BCUT2D eigenvalue weighted by atomic mass is 10.1. The molecular weight excluding hydrogens is 519 g/mol. The molecule has 0 saturated carbocycles. The number of esters is 1. The lowest BCUT2D eigenvalue weighted by molar-refractivity contribution is -0.142. The monoisotopic (exact) mass is 548 g/mol. The van der Waals surface area contributed by atoms with Crippen molar-refractivity contribution in [2.75, 3.05) is 19.5 Å². The highest BCUT2D eigenvalue weighted by molar-refractivity contribution is 7.52. The maximum absolute atomic E-state index is 14.0. The predicted octanol–water partition coefficient (Wildman–Crippen LogP) is 4.10. The molecule has 0 saturated heterocycles. The lowest BCUT2D eigenvalue weighted by Gasteiger charge is -2.25. The summed E-state index contributed by atoms with van der Waals surface area (Å²) in [5.41, 5.74) is 7.97. The quantitative estimate of drug-likeness (QED) is 0.160. The molecule has 39 heavy (non-hydrogen) atoms. The summed E-state index contributed by atoms with van der Waals surface area (Å²) in [5, 5.41) is 2.84. The lowest BCUT2D eigenvalue weighted by Crippen LogP contribution is -2.39. The Morgan fingerprint density at radius 1 is 1.10 bits per heavy atom. The molecule has 4 aromatic rings. The topological polar surface area (TPSA) is 143 Å². The first-order valence-electron chi connectivity index (χ1n) is 12.4.